The Hall–Kier alpha value is -1.89. The lowest BCUT2D eigenvalue weighted by atomic mass is 10.1. The van der Waals surface area contributed by atoms with Crippen LogP contribution in [-0.4, -0.2) is 58.7 Å². The van der Waals surface area contributed by atoms with Gasteiger partial charge in [-0.15, -0.1) is 0 Å². The predicted octanol–water partition coefficient (Wildman–Crippen LogP) is 3.51. The van der Waals surface area contributed by atoms with Crippen molar-refractivity contribution in [1.82, 2.24) is 19.6 Å². The number of anilines is 1. The summed E-state index contributed by atoms with van der Waals surface area (Å²) >= 11 is 7.00. The Balaban J connectivity index is 1.55. The van der Waals surface area contributed by atoms with Gasteiger partial charge in [0.2, 0.25) is 0 Å². The maximum atomic E-state index is 13.6. The first kappa shape index (κ1) is 26.2. The summed E-state index contributed by atoms with van der Waals surface area (Å²) in [5.41, 5.74) is 6.71. The summed E-state index contributed by atoms with van der Waals surface area (Å²) in [5.74, 6) is -0.160. The van der Waals surface area contributed by atoms with Gasteiger partial charge in [-0.25, -0.2) is 19.0 Å². The van der Waals surface area contributed by atoms with Crippen molar-refractivity contribution in [3.05, 3.63) is 48.5 Å². The van der Waals surface area contributed by atoms with Crippen LogP contribution in [-0.2, 0) is 18.6 Å². The van der Waals surface area contributed by atoms with E-state index in [4.69, 9.17) is 19.5 Å². The first-order valence-corrected chi connectivity index (χ1v) is 14.0. The summed E-state index contributed by atoms with van der Waals surface area (Å²) in [4.78, 5) is 20.0. The molecule has 1 fully saturated rings. The number of para-hydroxylation sites is 1. The molecule has 188 valence electrons. The maximum Gasteiger partial charge on any atom is 0.379 e. The van der Waals surface area contributed by atoms with Crippen molar-refractivity contribution >= 4 is 56.7 Å². The lowest BCUT2D eigenvalue weighted by molar-refractivity contribution is -0.119. The Labute approximate surface area is 218 Å². The van der Waals surface area contributed by atoms with Crippen molar-refractivity contribution in [2.45, 2.75) is 35.4 Å². The summed E-state index contributed by atoms with van der Waals surface area (Å²) in [6.07, 6.45) is -0.133. The number of fused-ring (bicyclic) bond motifs is 1. The molecule has 11 nitrogen and oxygen atoms in total. The first-order valence-electron chi connectivity index (χ1n) is 10.7. The van der Waals surface area contributed by atoms with Gasteiger partial charge in [0.25, 0.3) is 0 Å². The SMILES string of the molecule is CC(=O)[C@H](C)CP(=O)(OC[C@H]1O[C@@H](c2cnc3c(N)ncnn23)C(Br)(Br)[C@H]1O)Oc1ccccc1. The van der Waals surface area contributed by atoms with E-state index in [2.05, 4.69) is 46.9 Å². The largest absolute Gasteiger partial charge is 0.424 e. The second-order valence-electron chi connectivity index (χ2n) is 8.24. The van der Waals surface area contributed by atoms with Gasteiger partial charge in [-0.2, -0.15) is 5.10 Å². The number of aliphatic hydroxyl groups excluding tert-OH is 1. The highest BCUT2D eigenvalue weighted by Gasteiger charge is 2.55. The number of ketones is 1. The number of hydrogen-bond acceptors (Lipinski definition) is 10. The molecule has 3 heterocycles. The molecule has 1 unspecified atom stereocenters. The lowest BCUT2D eigenvalue weighted by Gasteiger charge is -2.24. The lowest BCUT2D eigenvalue weighted by Crippen LogP contribution is -2.36. The molecule has 0 aliphatic carbocycles. The smallest absolute Gasteiger partial charge is 0.379 e. The Morgan fingerprint density at radius 1 is 1.34 bits per heavy atom. The number of nitrogen functional groups attached to an aromatic ring is 1. The fourth-order valence-electron chi connectivity index (χ4n) is 3.58. The number of benzene rings is 1. The Bertz CT molecular complexity index is 1260. The highest BCUT2D eigenvalue weighted by Crippen LogP contribution is 2.54. The number of nitrogens with two attached hydrogens (primary N) is 1. The van der Waals surface area contributed by atoms with E-state index in [0.717, 1.165) is 0 Å². The second kappa shape index (κ2) is 10.2. The monoisotopic (exact) mass is 631 g/mol. The van der Waals surface area contributed by atoms with E-state index < -0.39 is 35.1 Å². The summed E-state index contributed by atoms with van der Waals surface area (Å²) < 4.78 is 31.6. The molecule has 1 aliphatic rings. The van der Waals surface area contributed by atoms with Gasteiger partial charge in [0.1, 0.15) is 39.4 Å². The Kier molecular flexibility index (Phi) is 7.65. The molecule has 0 radical (unpaired) electrons. The van der Waals surface area contributed by atoms with E-state index in [1.807, 2.05) is 0 Å². The van der Waals surface area contributed by atoms with Gasteiger partial charge in [0, 0.05) is 5.92 Å². The summed E-state index contributed by atoms with van der Waals surface area (Å²) in [6, 6.07) is 8.55. The number of carbonyl (C=O) groups is 1. The minimum Gasteiger partial charge on any atom is -0.424 e. The summed E-state index contributed by atoms with van der Waals surface area (Å²) in [6.45, 7) is 2.81. The van der Waals surface area contributed by atoms with Gasteiger partial charge >= 0.3 is 7.60 Å². The molecular weight excluding hydrogens is 609 g/mol. The molecule has 0 spiro atoms. The van der Waals surface area contributed by atoms with Crippen LogP contribution in [0.1, 0.15) is 25.6 Å². The third-order valence-corrected chi connectivity index (χ3v) is 9.44. The van der Waals surface area contributed by atoms with Crippen LogP contribution < -0.4 is 10.3 Å². The minimum atomic E-state index is -3.79. The Morgan fingerprint density at radius 3 is 2.74 bits per heavy atom. The number of nitrogens with zero attached hydrogens (tertiary/aromatic N) is 4. The molecule has 3 aromatic rings. The molecule has 2 aromatic heterocycles. The zero-order valence-electron chi connectivity index (χ0n) is 18.8. The van der Waals surface area contributed by atoms with Crippen LogP contribution in [0.15, 0.2) is 42.9 Å². The topological polar surface area (TPSA) is 151 Å². The average Bonchev–Trinajstić information content (AvgIpc) is 3.32. The fraction of sp³-hybridized carbons (Fsp3) is 0.429. The van der Waals surface area contributed by atoms with Crippen LogP contribution in [0, 0.1) is 5.92 Å². The average molecular weight is 633 g/mol. The standard InChI is InChI=1S/C21H24Br2N5O6P/c1-12(13(2)29)10-35(31,34-14-6-4-3-5-7-14)32-9-16-17(30)21(22,23)18(33-16)15-8-25-20-19(24)26-11-27-28(15)20/h3-8,11-12,16-18,30H,9-10H2,1-2H3,(H2,24,26,27)/t12-,16-,17+,18+,35?/m1/s1. The minimum absolute atomic E-state index is 0.124. The number of rotatable bonds is 9. The molecule has 5 atom stereocenters. The molecule has 0 amide bonds. The van der Waals surface area contributed by atoms with Crippen molar-refractivity contribution in [1.29, 1.82) is 0 Å². The molecule has 0 saturated carbocycles. The van der Waals surface area contributed by atoms with Gasteiger partial charge in [-0.05, 0) is 19.1 Å². The maximum absolute atomic E-state index is 13.6. The summed E-state index contributed by atoms with van der Waals surface area (Å²) in [7, 11) is -3.79. The number of aromatic nitrogens is 4. The van der Waals surface area contributed by atoms with E-state index in [1.54, 1.807) is 37.3 Å². The highest BCUT2D eigenvalue weighted by atomic mass is 79.9. The van der Waals surface area contributed by atoms with Gasteiger partial charge in [0.05, 0.1) is 24.7 Å². The van der Waals surface area contributed by atoms with Crippen LogP contribution in [0.3, 0.4) is 0 Å². The number of alkyl halides is 2. The van der Waals surface area contributed by atoms with Crippen LogP contribution in [0.5, 0.6) is 5.75 Å². The van der Waals surface area contributed by atoms with Crippen molar-refractivity contribution in [2.75, 3.05) is 18.5 Å². The zero-order valence-corrected chi connectivity index (χ0v) is 22.9. The molecule has 1 saturated heterocycles. The zero-order chi connectivity index (χ0) is 25.4. The van der Waals surface area contributed by atoms with E-state index in [1.165, 1.54) is 24.0 Å². The molecular formula is C21H24Br2N5O6P. The van der Waals surface area contributed by atoms with Crippen molar-refractivity contribution in [3.63, 3.8) is 0 Å². The molecule has 0 bridgehead atoms. The normalized spacial score (nSPS) is 24.2. The van der Waals surface area contributed by atoms with Crippen LogP contribution in [0.2, 0.25) is 0 Å². The van der Waals surface area contributed by atoms with Crippen molar-refractivity contribution < 1.29 is 28.3 Å². The van der Waals surface area contributed by atoms with Crippen LogP contribution >= 0.6 is 39.5 Å². The first-order chi connectivity index (χ1) is 16.5. The second-order valence-corrected chi connectivity index (χ2v) is 14.0. The van der Waals surface area contributed by atoms with E-state index >= 15 is 0 Å². The van der Waals surface area contributed by atoms with Gasteiger partial charge < -0.3 is 20.1 Å². The number of carbonyl (C=O) groups excluding carboxylic acids is 1. The quantitative estimate of drug-likeness (QED) is 0.265. The number of Topliss-reactive ketones (excluding diaryl/α,β-unsaturated/α-hetero) is 1. The molecule has 35 heavy (non-hydrogen) atoms. The molecule has 14 heteroatoms. The van der Waals surface area contributed by atoms with Crippen LogP contribution in [0.25, 0.3) is 5.65 Å². The third-order valence-electron chi connectivity index (χ3n) is 5.65. The van der Waals surface area contributed by atoms with Gasteiger partial charge in [0.15, 0.2) is 11.5 Å². The van der Waals surface area contributed by atoms with Crippen molar-refractivity contribution in [2.24, 2.45) is 5.92 Å². The number of imidazole rings is 1. The number of halogens is 2. The predicted molar refractivity (Wildman–Crippen MR) is 135 cm³/mol. The molecule has 4 rings (SSSR count). The third kappa shape index (κ3) is 5.45. The van der Waals surface area contributed by atoms with Gasteiger partial charge in [-0.3, -0.25) is 9.32 Å². The fourth-order valence-corrected chi connectivity index (χ4v) is 6.83. The number of hydrogen-bond donors (Lipinski definition) is 2. The molecule has 1 aliphatic heterocycles. The van der Waals surface area contributed by atoms with Gasteiger partial charge in [-0.1, -0.05) is 57.0 Å². The summed E-state index contributed by atoms with van der Waals surface area (Å²) in [5, 5.41) is 15.2. The van der Waals surface area contributed by atoms with E-state index in [9.17, 15) is 14.5 Å². The highest BCUT2D eigenvalue weighted by molar-refractivity contribution is 9.25. The van der Waals surface area contributed by atoms with Crippen molar-refractivity contribution in [3.8, 4) is 5.75 Å². The molecule has 1 aromatic carbocycles. The molecule has 3 N–H and O–H groups in total. The van der Waals surface area contributed by atoms with E-state index in [0.29, 0.717) is 17.1 Å². The Morgan fingerprint density at radius 2 is 2.06 bits per heavy atom. The number of aliphatic hydroxyl groups is 1. The van der Waals surface area contributed by atoms with Crippen LogP contribution in [0.4, 0.5) is 5.82 Å². The van der Waals surface area contributed by atoms with E-state index in [-0.39, 0.29) is 24.4 Å². The number of ether oxygens (including phenoxy) is 1.